The van der Waals surface area contributed by atoms with E-state index < -0.39 is 5.97 Å². The summed E-state index contributed by atoms with van der Waals surface area (Å²) in [7, 11) is 4.14. The topological polar surface area (TPSA) is 74.2 Å². The van der Waals surface area contributed by atoms with E-state index in [0.717, 1.165) is 0 Å². The van der Waals surface area contributed by atoms with E-state index >= 15 is 0 Å². The lowest BCUT2D eigenvalue weighted by Gasteiger charge is -2.16. The maximum absolute atomic E-state index is 11.7. The average Bonchev–Trinajstić information content (AvgIpc) is 2.56. The molecule has 6 nitrogen and oxygen atoms in total. The number of methoxy groups -OCH3 is 3. The fourth-order valence-electron chi connectivity index (χ4n) is 1.90. The number of esters is 1. The quantitative estimate of drug-likeness (QED) is 0.839. The second-order valence-electron chi connectivity index (χ2n) is 4.42. The van der Waals surface area contributed by atoms with Crippen LogP contribution in [0.15, 0.2) is 30.3 Å². The predicted molar refractivity (Wildman–Crippen MR) is 84.1 cm³/mol. The second kappa shape index (κ2) is 7.11. The number of hydrogen-bond acceptors (Lipinski definition) is 6. The van der Waals surface area contributed by atoms with Crippen LogP contribution in [0.4, 0.5) is 0 Å². The van der Waals surface area contributed by atoms with Crippen LogP contribution < -0.4 is 14.2 Å². The van der Waals surface area contributed by atoms with Gasteiger partial charge in [0.1, 0.15) is 11.5 Å². The highest BCUT2D eigenvalue weighted by Crippen LogP contribution is 2.43. The van der Waals surface area contributed by atoms with Crippen molar-refractivity contribution in [2.75, 3.05) is 21.3 Å². The third-order valence-electron chi connectivity index (χ3n) is 3.01. The van der Waals surface area contributed by atoms with Crippen LogP contribution in [0, 0.1) is 0 Å². The first-order chi connectivity index (χ1) is 11.0. The van der Waals surface area contributed by atoms with Gasteiger partial charge in [0.05, 0.1) is 31.9 Å². The maximum atomic E-state index is 11.7. The minimum absolute atomic E-state index is 0.0160. The van der Waals surface area contributed by atoms with Crippen LogP contribution in [0.1, 0.15) is 10.4 Å². The van der Waals surface area contributed by atoms with Crippen molar-refractivity contribution in [3.8, 4) is 28.7 Å². The molecule has 0 heterocycles. The fourth-order valence-corrected chi connectivity index (χ4v) is 2.11. The molecule has 2 rings (SSSR count). The van der Waals surface area contributed by atoms with Gasteiger partial charge < -0.3 is 24.1 Å². The SMILES string of the molecule is COC(=O)c1cc(OC)c(Oc2ccc(O)cc2Cl)c(OC)c1. The Morgan fingerprint density at radius 2 is 1.61 bits per heavy atom. The van der Waals surface area contributed by atoms with Gasteiger partial charge in [0.25, 0.3) is 0 Å². The summed E-state index contributed by atoms with van der Waals surface area (Å²) in [5, 5.41) is 9.60. The predicted octanol–water partition coefficient (Wildman–Crippen LogP) is 3.64. The number of ether oxygens (including phenoxy) is 4. The fraction of sp³-hybridized carbons (Fsp3) is 0.188. The molecule has 0 aromatic heterocycles. The highest BCUT2D eigenvalue weighted by molar-refractivity contribution is 6.32. The van der Waals surface area contributed by atoms with Crippen molar-refractivity contribution in [2.24, 2.45) is 0 Å². The van der Waals surface area contributed by atoms with Gasteiger partial charge in [-0.3, -0.25) is 0 Å². The summed E-state index contributed by atoms with van der Waals surface area (Å²) in [6.45, 7) is 0. The summed E-state index contributed by atoms with van der Waals surface area (Å²) in [4.78, 5) is 11.7. The molecule has 2 aromatic carbocycles. The highest BCUT2D eigenvalue weighted by Gasteiger charge is 2.19. The molecule has 0 unspecified atom stereocenters. The molecule has 0 aliphatic rings. The van der Waals surface area contributed by atoms with Crippen molar-refractivity contribution < 1.29 is 28.8 Å². The third kappa shape index (κ3) is 3.60. The summed E-state index contributed by atoms with van der Waals surface area (Å²) >= 11 is 6.03. The standard InChI is InChI=1S/C16H15ClO6/c1-20-13-6-9(16(19)22-3)7-14(21-2)15(13)23-12-5-4-10(18)8-11(12)17/h4-8,18H,1-3H3. The van der Waals surface area contributed by atoms with Gasteiger partial charge in [0, 0.05) is 6.07 Å². The Morgan fingerprint density at radius 1 is 1.00 bits per heavy atom. The Bertz CT molecular complexity index is 704. The van der Waals surface area contributed by atoms with Crippen molar-refractivity contribution in [1.82, 2.24) is 0 Å². The first-order valence-corrected chi connectivity index (χ1v) is 6.88. The van der Waals surface area contributed by atoms with Gasteiger partial charge in [-0.1, -0.05) is 11.6 Å². The molecule has 0 saturated heterocycles. The van der Waals surface area contributed by atoms with Gasteiger partial charge in [-0.25, -0.2) is 4.79 Å². The van der Waals surface area contributed by atoms with Gasteiger partial charge in [-0.15, -0.1) is 0 Å². The summed E-state index contributed by atoms with van der Waals surface area (Å²) in [5.74, 6) is 0.572. The molecule has 0 saturated carbocycles. The van der Waals surface area contributed by atoms with E-state index in [1.165, 1.54) is 51.7 Å². The minimum atomic E-state index is -0.532. The monoisotopic (exact) mass is 338 g/mol. The number of benzene rings is 2. The van der Waals surface area contributed by atoms with Gasteiger partial charge in [-0.2, -0.15) is 0 Å². The van der Waals surface area contributed by atoms with Crippen molar-refractivity contribution in [2.45, 2.75) is 0 Å². The van der Waals surface area contributed by atoms with Crippen molar-refractivity contribution in [3.63, 3.8) is 0 Å². The van der Waals surface area contributed by atoms with Crippen LogP contribution in [0.5, 0.6) is 28.7 Å². The van der Waals surface area contributed by atoms with E-state index in [-0.39, 0.29) is 33.6 Å². The van der Waals surface area contributed by atoms with Crippen LogP contribution in [-0.2, 0) is 4.74 Å². The van der Waals surface area contributed by atoms with Crippen molar-refractivity contribution in [1.29, 1.82) is 0 Å². The number of phenols is 1. The van der Waals surface area contributed by atoms with Crippen LogP contribution >= 0.6 is 11.6 Å². The number of carbonyl (C=O) groups excluding carboxylic acids is 1. The lowest BCUT2D eigenvalue weighted by Crippen LogP contribution is -2.04. The molecule has 0 fully saturated rings. The molecule has 7 heteroatoms. The molecule has 0 atom stereocenters. The first-order valence-electron chi connectivity index (χ1n) is 6.50. The van der Waals surface area contributed by atoms with Gasteiger partial charge in [0.15, 0.2) is 11.5 Å². The van der Waals surface area contributed by atoms with Gasteiger partial charge >= 0.3 is 5.97 Å². The number of carbonyl (C=O) groups is 1. The molecule has 0 aliphatic heterocycles. The molecule has 0 spiro atoms. The Kier molecular flexibility index (Phi) is 5.18. The molecule has 0 aliphatic carbocycles. The highest BCUT2D eigenvalue weighted by atomic mass is 35.5. The van der Waals surface area contributed by atoms with Crippen LogP contribution in [0.25, 0.3) is 0 Å². The lowest BCUT2D eigenvalue weighted by molar-refractivity contribution is 0.0600. The van der Waals surface area contributed by atoms with Crippen LogP contribution in [-0.4, -0.2) is 32.4 Å². The normalized spacial score (nSPS) is 10.1. The molecule has 0 amide bonds. The number of hydrogen-bond donors (Lipinski definition) is 1. The number of aromatic hydroxyl groups is 1. The first kappa shape index (κ1) is 16.8. The molecule has 2 aromatic rings. The lowest BCUT2D eigenvalue weighted by atomic mass is 10.2. The Morgan fingerprint density at radius 3 is 2.09 bits per heavy atom. The Labute approximate surface area is 138 Å². The average molecular weight is 339 g/mol. The third-order valence-corrected chi connectivity index (χ3v) is 3.30. The summed E-state index contributed by atoms with van der Waals surface area (Å²) in [6.07, 6.45) is 0. The summed E-state index contributed by atoms with van der Waals surface area (Å²) < 4.78 is 20.9. The zero-order valence-corrected chi connectivity index (χ0v) is 13.5. The maximum Gasteiger partial charge on any atom is 0.338 e. The van der Waals surface area contributed by atoms with E-state index in [9.17, 15) is 9.90 Å². The summed E-state index contributed by atoms with van der Waals surface area (Å²) in [6, 6.07) is 7.22. The van der Waals surface area contributed by atoms with E-state index in [4.69, 9.17) is 25.8 Å². The molecule has 0 bridgehead atoms. The van der Waals surface area contributed by atoms with E-state index in [1.807, 2.05) is 0 Å². The molecule has 23 heavy (non-hydrogen) atoms. The number of halogens is 1. The van der Waals surface area contributed by atoms with E-state index in [1.54, 1.807) is 0 Å². The number of rotatable bonds is 5. The zero-order valence-electron chi connectivity index (χ0n) is 12.8. The van der Waals surface area contributed by atoms with Crippen molar-refractivity contribution in [3.05, 3.63) is 40.9 Å². The van der Waals surface area contributed by atoms with Crippen LogP contribution in [0.3, 0.4) is 0 Å². The van der Waals surface area contributed by atoms with E-state index in [0.29, 0.717) is 5.75 Å². The second-order valence-corrected chi connectivity index (χ2v) is 4.83. The van der Waals surface area contributed by atoms with Crippen molar-refractivity contribution >= 4 is 17.6 Å². The number of phenolic OH excluding ortho intramolecular Hbond substituents is 1. The molecule has 122 valence electrons. The zero-order chi connectivity index (χ0) is 17.0. The Balaban J connectivity index is 2.50. The molecular formula is C16H15ClO6. The Hall–Kier alpha value is -2.60. The van der Waals surface area contributed by atoms with E-state index in [2.05, 4.69) is 4.74 Å². The molecular weight excluding hydrogens is 324 g/mol. The smallest absolute Gasteiger partial charge is 0.338 e. The minimum Gasteiger partial charge on any atom is -0.508 e. The largest absolute Gasteiger partial charge is 0.508 e. The van der Waals surface area contributed by atoms with Gasteiger partial charge in [-0.05, 0) is 24.3 Å². The van der Waals surface area contributed by atoms with Crippen LogP contribution in [0.2, 0.25) is 5.02 Å². The molecule has 1 N–H and O–H groups in total. The summed E-state index contributed by atoms with van der Waals surface area (Å²) in [5.41, 5.74) is 0.255. The molecule has 0 radical (unpaired) electrons. The van der Waals surface area contributed by atoms with Gasteiger partial charge in [0.2, 0.25) is 5.75 Å².